The van der Waals surface area contributed by atoms with Crippen molar-refractivity contribution in [3.05, 3.63) is 19.0 Å². The van der Waals surface area contributed by atoms with Crippen LogP contribution in [0.5, 0.6) is 0 Å². The van der Waals surface area contributed by atoms with Crippen LogP contribution < -0.4 is 0 Å². The van der Waals surface area contributed by atoms with E-state index in [0.717, 1.165) is 13.4 Å². The second-order valence-corrected chi connectivity index (χ2v) is 4.72. The first-order chi connectivity index (χ1) is 5.57. The molecule has 0 radical (unpaired) electrons. The number of allylic oxidation sites excluding steroid dienone is 3. The monoisotopic (exact) mass is 358 g/mol. The molecule has 66 valence electrons. The van der Waals surface area contributed by atoms with E-state index in [4.69, 9.17) is 0 Å². The molecule has 0 aromatic rings. The lowest BCUT2D eigenvalue weighted by molar-refractivity contribution is -0.136. The summed E-state index contributed by atoms with van der Waals surface area (Å²) in [5.74, 6) is -0.298. The van der Waals surface area contributed by atoms with Gasteiger partial charge in [0.25, 0.3) is 0 Å². The Kier molecular flexibility index (Phi) is 3.55. The van der Waals surface area contributed by atoms with Gasteiger partial charge in [-0.05, 0) is 31.9 Å². The Morgan fingerprint density at radius 3 is 2.25 bits per heavy atom. The first-order valence-corrected chi connectivity index (χ1v) is 5.47. The average molecular weight is 361 g/mol. The van der Waals surface area contributed by atoms with E-state index in [0.29, 0.717) is 12.0 Å². The van der Waals surface area contributed by atoms with Crippen molar-refractivity contribution in [1.29, 1.82) is 0 Å². The van der Waals surface area contributed by atoms with Crippen LogP contribution in [0.3, 0.4) is 0 Å². The molecule has 5 heteroatoms. The fourth-order valence-electron chi connectivity index (χ4n) is 0.847. The zero-order chi connectivity index (χ0) is 9.30. The highest BCUT2D eigenvalue weighted by Gasteiger charge is 2.25. The largest absolute Gasteiger partial charge is 0.466 e. The Bertz CT molecular complexity index is 291. The molecule has 0 atom stereocenters. The van der Waals surface area contributed by atoms with Crippen molar-refractivity contribution < 1.29 is 9.53 Å². The summed E-state index contributed by atoms with van der Waals surface area (Å²) in [5, 5.41) is 0. The number of carbonyl (C=O) groups is 1. The molecule has 0 spiro atoms. The van der Waals surface area contributed by atoms with Gasteiger partial charge in [0, 0.05) is 19.9 Å². The van der Waals surface area contributed by atoms with Gasteiger partial charge in [-0.2, -0.15) is 0 Å². The zero-order valence-electron chi connectivity index (χ0n) is 6.16. The van der Waals surface area contributed by atoms with Crippen LogP contribution in [-0.2, 0) is 9.53 Å². The summed E-state index contributed by atoms with van der Waals surface area (Å²) in [6.45, 7) is 0. The molecule has 1 rings (SSSR count). The molecule has 0 aromatic carbocycles. The molecular weight excluding hydrogens is 356 g/mol. The van der Waals surface area contributed by atoms with Crippen molar-refractivity contribution in [2.24, 2.45) is 0 Å². The number of hydrogen-bond donors (Lipinski definition) is 0. The van der Waals surface area contributed by atoms with Crippen LogP contribution in [-0.4, -0.2) is 13.1 Å². The molecule has 12 heavy (non-hydrogen) atoms. The van der Waals surface area contributed by atoms with Gasteiger partial charge in [0.05, 0.1) is 12.7 Å². The molecule has 0 saturated carbocycles. The SMILES string of the molecule is COC(=O)C1=C(Br)C(Br)=C(Br)C1. The van der Waals surface area contributed by atoms with Crippen molar-refractivity contribution in [1.82, 2.24) is 0 Å². The second kappa shape index (κ2) is 4.07. The molecule has 0 bridgehead atoms. The van der Waals surface area contributed by atoms with Crippen molar-refractivity contribution in [2.45, 2.75) is 6.42 Å². The third-order valence-electron chi connectivity index (χ3n) is 1.46. The molecule has 2 nitrogen and oxygen atoms in total. The van der Waals surface area contributed by atoms with E-state index in [9.17, 15) is 4.79 Å². The Hall–Kier alpha value is 0.390. The van der Waals surface area contributed by atoms with Crippen LogP contribution in [0.4, 0.5) is 0 Å². The maximum Gasteiger partial charge on any atom is 0.335 e. The normalized spacial score (nSPS) is 17.3. The Balaban J connectivity index is 2.94. The maximum atomic E-state index is 11.1. The molecular formula is C7H5Br3O2. The summed E-state index contributed by atoms with van der Waals surface area (Å²) in [6.07, 6.45) is 0.577. The standard InChI is InChI=1S/C7H5Br3O2/c1-12-7(11)3-2-4(8)6(10)5(3)9/h2H2,1H3. The van der Waals surface area contributed by atoms with Gasteiger partial charge in [0.1, 0.15) is 0 Å². The molecule has 1 aliphatic rings. The Morgan fingerprint density at radius 1 is 1.33 bits per heavy atom. The number of hydrogen-bond acceptors (Lipinski definition) is 2. The van der Waals surface area contributed by atoms with E-state index in [1.54, 1.807) is 0 Å². The first kappa shape index (κ1) is 10.5. The lowest BCUT2D eigenvalue weighted by Gasteiger charge is -1.99. The zero-order valence-corrected chi connectivity index (χ0v) is 10.9. The van der Waals surface area contributed by atoms with E-state index in [2.05, 4.69) is 52.5 Å². The number of rotatable bonds is 1. The maximum absolute atomic E-state index is 11.1. The molecule has 0 aromatic heterocycles. The van der Waals surface area contributed by atoms with E-state index < -0.39 is 0 Å². The van der Waals surface area contributed by atoms with Gasteiger partial charge in [-0.25, -0.2) is 4.79 Å². The number of ether oxygens (including phenoxy) is 1. The summed E-state index contributed by atoms with van der Waals surface area (Å²) >= 11 is 9.96. The van der Waals surface area contributed by atoms with Gasteiger partial charge in [0.15, 0.2) is 0 Å². The van der Waals surface area contributed by atoms with Gasteiger partial charge in [-0.3, -0.25) is 0 Å². The summed E-state index contributed by atoms with van der Waals surface area (Å²) in [4.78, 5) is 11.1. The lowest BCUT2D eigenvalue weighted by atomic mass is 10.2. The first-order valence-electron chi connectivity index (χ1n) is 3.09. The number of carbonyl (C=O) groups excluding carboxylic acids is 1. The van der Waals surface area contributed by atoms with Crippen LogP contribution in [0.15, 0.2) is 19.0 Å². The third kappa shape index (κ3) is 1.83. The van der Waals surface area contributed by atoms with E-state index in [1.165, 1.54) is 7.11 Å². The van der Waals surface area contributed by atoms with E-state index in [1.807, 2.05) is 0 Å². The number of halogens is 3. The number of methoxy groups -OCH3 is 1. The molecule has 1 aliphatic carbocycles. The summed E-state index contributed by atoms with van der Waals surface area (Å²) in [6, 6.07) is 0. The van der Waals surface area contributed by atoms with Crippen LogP contribution in [0.2, 0.25) is 0 Å². The molecule has 0 N–H and O–H groups in total. The minimum absolute atomic E-state index is 0.298. The second-order valence-electron chi connectivity index (χ2n) is 2.18. The van der Waals surface area contributed by atoms with Crippen LogP contribution in [0, 0.1) is 0 Å². The summed E-state index contributed by atoms with van der Waals surface area (Å²) in [7, 11) is 1.37. The minimum atomic E-state index is -0.298. The average Bonchev–Trinajstić information content (AvgIpc) is 2.32. The van der Waals surface area contributed by atoms with Crippen LogP contribution in [0.1, 0.15) is 6.42 Å². The van der Waals surface area contributed by atoms with Gasteiger partial charge in [-0.1, -0.05) is 15.9 Å². The highest BCUT2D eigenvalue weighted by atomic mass is 79.9. The third-order valence-corrected chi connectivity index (χ3v) is 4.95. The number of esters is 1. The Morgan fingerprint density at radius 2 is 1.92 bits per heavy atom. The molecule has 0 unspecified atom stereocenters. The summed E-state index contributed by atoms with van der Waals surface area (Å²) < 4.78 is 7.20. The molecule has 0 saturated heterocycles. The van der Waals surface area contributed by atoms with Gasteiger partial charge < -0.3 is 4.74 Å². The van der Waals surface area contributed by atoms with Crippen LogP contribution in [0.25, 0.3) is 0 Å². The lowest BCUT2D eigenvalue weighted by Crippen LogP contribution is -2.03. The van der Waals surface area contributed by atoms with E-state index in [-0.39, 0.29) is 5.97 Å². The van der Waals surface area contributed by atoms with Crippen molar-refractivity contribution in [3.8, 4) is 0 Å². The van der Waals surface area contributed by atoms with Crippen molar-refractivity contribution in [3.63, 3.8) is 0 Å². The fraction of sp³-hybridized carbons (Fsp3) is 0.286. The molecule has 0 fully saturated rings. The van der Waals surface area contributed by atoms with E-state index >= 15 is 0 Å². The quantitative estimate of drug-likeness (QED) is 0.671. The van der Waals surface area contributed by atoms with Crippen molar-refractivity contribution >= 4 is 53.8 Å². The highest BCUT2D eigenvalue weighted by molar-refractivity contribution is 9.16. The predicted molar refractivity (Wildman–Crippen MR) is 57.5 cm³/mol. The highest BCUT2D eigenvalue weighted by Crippen LogP contribution is 2.42. The van der Waals surface area contributed by atoms with Gasteiger partial charge in [0.2, 0.25) is 0 Å². The Labute approximate surface area is 95.4 Å². The van der Waals surface area contributed by atoms with Gasteiger partial charge in [-0.15, -0.1) is 0 Å². The molecule has 0 amide bonds. The smallest absolute Gasteiger partial charge is 0.335 e. The summed E-state index contributed by atoms with van der Waals surface area (Å²) in [5.41, 5.74) is 0.635. The topological polar surface area (TPSA) is 26.3 Å². The minimum Gasteiger partial charge on any atom is -0.466 e. The predicted octanol–water partition coefficient (Wildman–Crippen LogP) is 3.21. The van der Waals surface area contributed by atoms with Gasteiger partial charge >= 0.3 is 5.97 Å². The fourth-order valence-corrected chi connectivity index (χ4v) is 2.51. The van der Waals surface area contributed by atoms with Crippen LogP contribution >= 0.6 is 47.8 Å². The van der Waals surface area contributed by atoms with Crippen molar-refractivity contribution in [2.75, 3.05) is 7.11 Å². The molecule has 0 heterocycles. The molecule has 0 aliphatic heterocycles.